The first-order valence-corrected chi connectivity index (χ1v) is 6.88. The van der Waals surface area contributed by atoms with Crippen molar-refractivity contribution in [2.45, 2.75) is 25.0 Å². The Hall–Kier alpha value is -1.11. The topological polar surface area (TPSA) is 73.5 Å². The van der Waals surface area contributed by atoms with Crippen molar-refractivity contribution >= 4 is 17.5 Å². The Labute approximate surface area is 116 Å². The SMILES string of the molecule is NC1CC(Oc2cc(Cl)nc(N3CCOCC3)n2)C1. The second-order valence-corrected chi connectivity index (χ2v) is 5.29. The number of hydrogen-bond acceptors (Lipinski definition) is 6. The van der Waals surface area contributed by atoms with Crippen molar-refractivity contribution in [3.8, 4) is 5.88 Å². The van der Waals surface area contributed by atoms with Gasteiger partial charge in [0.25, 0.3) is 0 Å². The van der Waals surface area contributed by atoms with Gasteiger partial charge in [0.2, 0.25) is 11.8 Å². The van der Waals surface area contributed by atoms with Gasteiger partial charge >= 0.3 is 0 Å². The average molecular weight is 285 g/mol. The molecule has 6 nitrogen and oxygen atoms in total. The summed E-state index contributed by atoms with van der Waals surface area (Å²) >= 11 is 6.03. The summed E-state index contributed by atoms with van der Waals surface area (Å²) in [5, 5.41) is 0.398. The fourth-order valence-corrected chi connectivity index (χ4v) is 2.39. The van der Waals surface area contributed by atoms with Crippen molar-refractivity contribution in [1.29, 1.82) is 0 Å². The Bertz CT molecular complexity index is 447. The molecule has 1 aliphatic heterocycles. The third kappa shape index (κ3) is 3.08. The van der Waals surface area contributed by atoms with Crippen molar-refractivity contribution in [2.24, 2.45) is 5.73 Å². The average Bonchev–Trinajstić information content (AvgIpc) is 2.37. The van der Waals surface area contributed by atoms with Crippen LogP contribution in [0, 0.1) is 0 Å². The molecule has 3 rings (SSSR count). The maximum atomic E-state index is 6.03. The lowest BCUT2D eigenvalue weighted by Gasteiger charge is -2.32. The molecule has 2 aliphatic rings. The summed E-state index contributed by atoms with van der Waals surface area (Å²) in [6.07, 6.45) is 1.89. The normalized spacial score (nSPS) is 26.9. The molecule has 2 fully saturated rings. The summed E-state index contributed by atoms with van der Waals surface area (Å²) in [6.45, 7) is 2.91. The molecule has 1 aromatic rings. The molecule has 2 N–H and O–H groups in total. The van der Waals surface area contributed by atoms with E-state index in [1.807, 2.05) is 0 Å². The summed E-state index contributed by atoms with van der Waals surface area (Å²) in [4.78, 5) is 10.7. The van der Waals surface area contributed by atoms with Gasteiger partial charge in [-0.2, -0.15) is 4.98 Å². The van der Waals surface area contributed by atoms with E-state index in [0.717, 1.165) is 25.9 Å². The van der Waals surface area contributed by atoms with Crippen molar-refractivity contribution in [3.05, 3.63) is 11.2 Å². The largest absolute Gasteiger partial charge is 0.474 e. The molecule has 1 aliphatic carbocycles. The molecule has 7 heteroatoms. The molecule has 0 amide bonds. The lowest BCUT2D eigenvalue weighted by Crippen LogP contribution is -2.43. The van der Waals surface area contributed by atoms with Crippen LogP contribution in [0.25, 0.3) is 0 Å². The standard InChI is InChI=1S/C12H17ClN4O2/c13-10-7-11(19-9-5-8(14)6-9)16-12(15-10)17-1-3-18-4-2-17/h7-9H,1-6,14H2. The lowest BCUT2D eigenvalue weighted by molar-refractivity contribution is 0.0953. The zero-order chi connectivity index (χ0) is 13.2. The van der Waals surface area contributed by atoms with E-state index in [9.17, 15) is 0 Å². The van der Waals surface area contributed by atoms with E-state index in [-0.39, 0.29) is 12.1 Å². The second kappa shape index (κ2) is 5.48. The molecule has 0 atom stereocenters. The number of hydrogen-bond donors (Lipinski definition) is 1. The maximum absolute atomic E-state index is 6.03. The van der Waals surface area contributed by atoms with Gasteiger partial charge in [0, 0.05) is 25.2 Å². The summed E-state index contributed by atoms with van der Waals surface area (Å²) in [7, 11) is 0. The third-order valence-electron chi connectivity index (χ3n) is 3.37. The monoisotopic (exact) mass is 284 g/mol. The first kappa shape index (κ1) is 12.9. The number of aromatic nitrogens is 2. The number of anilines is 1. The van der Waals surface area contributed by atoms with Crippen LogP contribution in [0.5, 0.6) is 5.88 Å². The summed E-state index contributed by atoms with van der Waals surface area (Å²) in [5.41, 5.74) is 5.74. The molecule has 104 valence electrons. The smallest absolute Gasteiger partial charge is 0.230 e. The van der Waals surface area contributed by atoms with Crippen LogP contribution in [0.1, 0.15) is 12.8 Å². The van der Waals surface area contributed by atoms with E-state index in [1.165, 1.54) is 0 Å². The molecule has 2 heterocycles. The van der Waals surface area contributed by atoms with E-state index in [0.29, 0.717) is 30.2 Å². The first-order chi connectivity index (χ1) is 9.20. The van der Waals surface area contributed by atoms with E-state index in [4.69, 9.17) is 26.8 Å². The molecular weight excluding hydrogens is 268 g/mol. The highest BCUT2D eigenvalue weighted by Gasteiger charge is 2.28. The number of nitrogens with zero attached hydrogens (tertiary/aromatic N) is 3. The maximum Gasteiger partial charge on any atom is 0.230 e. The van der Waals surface area contributed by atoms with Crippen LogP contribution in [0.15, 0.2) is 6.07 Å². The Morgan fingerprint density at radius 3 is 2.74 bits per heavy atom. The predicted molar refractivity (Wildman–Crippen MR) is 71.7 cm³/mol. The van der Waals surface area contributed by atoms with E-state index >= 15 is 0 Å². The van der Waals surface area contributed by atoms with Crippen LogP contribution in [-0.4, -0.2) is 48.4 Å². The van der Waals surface area contributed by atoms with Gasteiger partial charge in [0.05, 0.1) is 13.2 Å². The van der Waals surface area contributed by atoms with Crippen LogP contribution in [0.4, 0.5) is 5.95 Å². The number of halogens is 1. The second-order valence-electron chi connectivity index (χ2n) is 4.90. The Balaban J connectivity index is 1.71. The molecule has 0 bridgehead atoms. The minimum atomic E-state index is 0.151. The Morgan fingerprint density at radius 2 is 2.05 bits per heavy atom. The fourth-order valence-electron chi connectivity index (χ4n) is 2.22. The molecule has 1 saturated heterocycles. The Morgan fingerprint density at radius 1 is 1.32 bits per heavy atom. The highest BCUT2D eigenvalue weighted by molar-refractivity contribution is 6.29. The minimum Gasteiger partial charge on any atom is -0.474 e. The third-order valence-corrected chi connectivity index (χ3v) is 3.57. The van der Waals surface area contributed by atoms with Crippen LogP contribution in [0.2, 0.25) is 5.15 Å². The minimum absolute atomic E-state index is 0.151. The molecule has 19 heavy (non-hydrogen) atoms. The van der Waals surface area contributed by atoms with Crippen molar-refractivity contribution < 1.29 is 9.47 Å². The van der Waals surface area contributed by atoms with Gasteiger partial charge in [0.15, 0.2) is 0 Å². The van der Waals surface area contributed by atoms with Crippen molar-refractivity contribution in [3.63, 3.8) is 0 Å². The van der Waals surface area contributed by atoms with Crippen molar-refractivity contribution in [2.75, 3.05) is 31.2 Å². The number of morpholine rings is 1. The highest BCUT2D eigenvalue weighted by atomic mass is 35.5. The van der Waals surface area contributed by atoms with Crippen LogP contribution in [-0.2, 0) is 4.74 Å². The quantitative estimate of drug-likeness (QED) is 0.829. The summed E-state index contributed by atoms with van der Waals surface area (Å²) < 4.78 is 11.1. The molecule has 0 radical (unpaired) electrons. The lowest BCUT2D eigenvalue weighted by atomic mass is 9.90. The number of rotatable bonds is 3. The van der Waals surface area contributed by atoms with Crippen LogP contribution < -0.4 is 15.4 Å². The number of nitrogens with two attached hydrogens (primary N) is 1. The zero-order valence-electron chi connectivity index (χ0n) is 10.6. The van der Waals surface area contributed by atoms with Gasteiger partial charge in [-0.1, -0.05) is 11.6 Å². The summed E-state index contributed by atoms with van der Waals surface area (Å²) in [5.74, 6) is 1.13. The van der Waals surface area contributed by atoms with Crippen molar-refractivity contribution in [1.82, 2.24) is 9.97 Å². The van der Waals surface area contributed by atoms with Gasteiger partial charge in [-0.25, -0.2) is 4.98 Å². The fraction of sp³-hybridized carbons (Fsp3) is 0.667. The number of ether oxygens (including phenoxy) is 2. The van der Waals surface area contributed by atoms with Gasteiger partial charge in [0.1, 0.15) is 11.3 Å². The first-order valence-electron chi connectivity index (χ1n) is 6.50. The van der Waals surface area contributed by atoms with Crippen LogP contribution in [0.3, 0.4) is 0 Å². The molecule has 0 unspecified atom stereocenters. The summed E-state index contributed by atoms with van der Waals surface area (Å²) in [6, 6.07) is 1.90. The molecular formula is C12H17ClN4O2. The molecule has 0 spiro atoms. The molecule has 0 aromatic carbocycles. The van der Waals surface area contributed by atoms with Gasteiger partial charge < -0.3 is 20.1 Å². The van der Waals surface area contributed by atoms with Gasteiger partial charge in [-0.3, -0.25) is 0 Å². The highest BCUT2D eigenvalue weighted by Crippen LogP contribution is 2.26. The van der Waals surface area contributed by atoms with Gasteiger partial charge in [-0.05, 0) is 12.8 Å². The van der Waals surface area contributed by atoms with E-state index < -0.39 is 0 Å². The molecule has 1 aromatic heterocycles. The Kier molecular flexibility index (Phi) is 3.72. The predicted octanol–water partition coefficient (Wildman–Crippen LogP) is 0.835. The van der Waals surface area contributed by atoms with E-state index in [2.05, 4.69) is 14.9 Å². The molecule has 1 saturated carbocycles. The van der Waals surface area contributed by atoms with E-state index in [1.54, 1.807) is 6.07 Å². The zero-order valence-corrected chi connectivity index (χ0v) is 11.3. The van der Waals surface area contributed by atoms with Crippen LogP contribution >= 0.6 is 11.6 Å². The van der Waals surface area contributed by atoms with Gasteiger partial charge in [-0.15, -0.1) is 0 Å².